The molecule has 1 aromatic heterocycles. The summed E-state index contributed by atoms with van der Waals surface area (Å²) in [5.74, 6) is 1.24. The highest BCUT2D eigenvalue weighted by Crippen LogP contribution is 2.06. The summed E-state index contributed by atoms with van der Waals surface area (Å²) in [5, 5.41) is 3.27. The molecule has 0 aliphatic rings. The van der Waals surface area contributed by atoms with Gasteiger partial charge in [-0.3, -0.25) is 0 Å². The van der Waals surface area contributed by atoms with Gasteiger partial charge in [0.15, 0.2) is 0 Å². The zero-order chi connectivity index (χ0) is 11.8. The van der Waals surface area contributed by atoms with Crippen LogP contribution in [0.25, 0.3) is 0 Å². The third kappa shape index (κ3) is 4.35. The molecule has 0 aliphatic heterocycles. The van der Waals surface area contributed by atoms with Crippen LogP contribution in [-0.2, 0) is 13.0 Å². The molecule has 1 atom stereocenters. The molecule has 0 radical (unpaired) electrons. The van der Waals surface area contributed by atoms with Crippen LogP contribution in [0.2, 0.25) is 0 Å². The Kier molecular flexibility index (Phi) is 6.16. The lowest BCUT2D eigenvalue weighted by Crippen LogP contribution is -2.20. The molecule has 3 nitrogen and oxygen atoms in total. The largest absolute Gasteiger partial charge is 0.335 e. The van der Waals surface area contributed by atoms with Gasteiger partial charge < -0.3 is 9.88 Å². The summed E-state index contributed by atoms with van der Waals surface area (Å²) in [6.07, 6.45) is 10.1. The molecule has 1 heterocycles. The zero-order valence-corrected chi connectivity index (χ0v) is 10.9. The fraction of sp³-hybridized carbons (Fsp3) is 0.769. The normalized spacial score (nSPS) is 12.9. The molecule has 0 saturated heterocycles. The molecule has 1 aromatic rings. The maximum absolute atomic E-state index is 4.39. The minimum absolute atomic E-state index is 0.637. The Morgan fingerprint density at radius 1 is 1.44 bits per heavy atom. The van der Waals surface area contributed by atoms with E-state index >= 15 is 0 Å². The molecule has 0 fully saturated rings. The van der Waals surface area contributed by atoms with Crippen molar-refractivity contribution in [3.63, 3.8) is 0 Å². The third-order valence-electron chi connectivity index (χ3n) is 3.05. The van der Waals surface area contributed by atoms with Crippen LogP contribution in [0.1, 0.15) is 45.4 Å². The van der Waals surface area contributed by atoms with E-state index in [4.69, 9.17) is 0 Å². The Bertz CT molecular complexity index is 280. The standard InChI is InChI=1S/C13H25N3/c1-4-7-13-15-9-11-16(13)10-6-5-8-12(2)14-3/h9,11-12,14H,4-8,10H2,1-3H3. The average molecular weight is 223 g/mol. The first-order valence-corrected chi connectivity index (χ1v) is 6.45. The summed E-state index contributed by atoms with van der Waals surface area (Å²) in [7, 11) is 2.03. The monoisotopic (exact) mass is 223 g/mol. The molecule has 16 heavy (non-hydrogen) atoms. The van der Waals surface area contributed by atoms with Gasteiger partial charge in [-0.15, -0.1) is 0 Å². The van der Waals surface area contributed by atoms with Crippen LogP contribution in [0.5, 0.6) is 0 Å². The van der Waals surface area contributed by atoms with Gasteiger partial charge in [-0.2, -0.15) is 0 Å². The summed E-state index contributed by atoms with van der Waals surface area (Å²) in [4.78, 5) is 4.39. The Hall–Kier alpha value is -0.830. The Labute approximate surface area is 99.3 Å². The van der Waals surface area contributed by atoms with Crippen molar-refractivity contribution in [2.45, 2.75) is 58.5 Å². The molecule has 0 spiro atoms. The van der Waals surface area contributed by atoms with Gasteiger partial charge in [0, 0.05) is 31.4 Å². The third-order valence-corrected chi connectivity index (χ3v) is 3.05. The Balaban J connectivity index is 2.23. The molecular formula is C13H25N3. The van der Waals surface area contributed by atoms with Gasteiger partial charge >= 0.3 is 0 Å². The number of rotatable bonds is 8. The van der Waals surface area contributed by atoms with Gasteiger partial charge in [0.05, 0.1) is 0 Å². The lowest BCUT2D eigenvalue weighted by molar-refractivity contribution is 0.499. The number of hydrogen-bond donors (Lipinski definition) is 1. The van der Waals surface area contributed by atoms with E-state index in [2.05, 4.69) is 34.9 Å². The summed E-state index contributed by atoms with van der Waals surface area (Å²) in [5.41, 5.74) is 0. The second-order valence-electron chi connectivity index (χ2n) is 4.47. The molecule has 1 rings (SSSR count). The maximum Gasteiger partial charge on any atom is 0.108 e. The highest BCUT2D eigenvalue weighted by atomic mass is 15.1. The van der Waals surface area contributed by atoms with Crippen LogP contribution in [0.15, 0.2) is 12.4 Å². The number of imidazole rings is 1. The molecule has 1 unspecified atom stereocenters. The van der Waals surface area contributed by atoms with Crippen molar-refractivity contribution in [1.29, 1.82) is 0 Å². The first kappa shape index (κ1) is 13.2. The lowest BCUT2D eigenvalue weighted by Gasteiger charge is -2.10. The molecule has 0 saturated carbocycles. The smallest absolute Gasteiger partial charge is 0.108 e. The molecule has 0 amide bonds. The minimum Gasteiger partial charge on any atom is -0.335 e. The van der Waals surface area contributed by atoms with Crippen molar-refractivity contribution >= 4 is 0 Å². The van der Waals surface area contributed by atoms with Crippen LogP contribution in [-0.4, -0.2) is 22.6 Å². The van der Waals surface area contributed by atoms with Crippen molar-refractivity contribution in [3.8, 4) is 0 Å². The van der Waals surface area contributed by atoms with Crippen LogP contribution in [0.4, 0.5) is 0 Å². The average Bonchev–Trinajstić information content (AvgIpc) is 2.72. The van der Waals surface area contributed by atoms with E-state index in [1.54, 1.807) is 0 Å². The molecule has 1 N–H and O–H groups in total. The van der Waals surface area contributed by atoms with Crippen LogP contribution >= 0.6 is 0 Å². The summed E-state index contributed by atoms with van der Waals surface area (Å²) in [6.45, 7) is 5.55. The first-order valence-electron chi connectivity index (χ1n) is 6.45. The SMILES string of the molecule is CCCc1nccn1CCCCC(C)NC. The topological polar surface area (TPSA) is 29.9 Å². The number of aryl methyl sites for hydroxylation is 2. The van der Waals surface area contributed by atoms with Crippen LogP contribution < -0.4 is 5.32 Å². The van der Waals surface area contributed by atoms with Gasteiger partial charge in [-0.1, -0.05) is 13.3 Å². The van der Waals surface area contributed by atoms with E-state index in [1.807, 2.05) is 13.2 Å². The molecule has 3 heteroatoms. The fourth-order valence-corrected chi connectivity index (χ4v) is 1.87. The number of unbranched alkanes of at least 4 members (excludes halogenated alkanes) is 1. The quantitative estimate of drug-likeness (QED) is 0.687. The van der Waals surface area contributed by atoms with Crippen LogP contribution in [0, 0.1) is 0 Å². The van der Waals surface area contributed by atoms with Gasteiger partial charge in [0.25, 0.3) is 0 Å². The molecule has 92 valence electrons. The molecule has 0 aromatic carbocycles. The Morgan fingerprint density at radius 2 is 2.25 bits per heavy atom. The van der Waals surface area contributed by atoms with Crippen molar-refractivity contribution in [1.82, 2.24) is 14.9 Å². The van der Waals surface area contributed by atoms with E-state index in [9.17, 15) is 0 Å². The lowest BCUT2D eigenvalue weighted by atomic mass is 10.1. The van der Waals surface area contributed by atoms with E-state index in [-0.39, 0.29) is 0 Å². The Morgan fingerprint density at radius 3 is 2.94 bits per heavy atom. The van der Waals surface area contributed by atoms with Crippen molar-refractivity contribution in [2.24, 2.45) is 0 Å². The van der Waals surface area contributed by atoms with Crippen molar-refractivity contribution in [2.75, 3.05) is 7.05 Å². The molecule has 0 bridgehead atoms. The van der Waals surface area contributed by atoms with E-state index in [0.29, 0.717) is 6.04 Å². The first-order chi connectivity index (χ1) is 7.77. The second-order valence-corrected chi connectivity index (χ2v) is 4.47. The molecular weight excluding hydrogens is 198 g/mol. The van der Waals surface area contributed by atoms with E-state index < -0.39 is 0 Å². The van der Waals surface area contributed by atoms with Gasteiger partial charge in [0.1, 0.15) is 5.82 Å². The fourth-order valence-electron chi connectivity index (χ4n) is 1.87. The number of hydrogen-bond acceptors (Lipinski definition) is 2. The highest BCUT2D eigenvalue weighted by Gasteiger charge is 2.02. The zero-order valence-electron chi connectivity index (χ0n) is 10.9. The minimum atomic E-state index is 0.637. The van der Waals surface area contributed by atoms with Gasteiger partial charge in [-0.05, 0) is 33.2 Å². The summed E-state index contributed by atoms with van der Waals surface area (Å²) in [6, 6.07) is 0.637. The van der Waals surface area contributed by atoms with Gasteiger partial charge in [-0.25, -0.2) is 4.98 Å². The summed E-state index contributed by atoms with van der Waals surface area (Å²) < 4.78 is 2.30. The second kappa shape index (κ2) is 7.44. The van der Waals surface area contributed by atoms with Crippen molar-refractivity contribution < 1.29 is 0 Å². The van der Waals surface area contributed by atoms with Gasteiger partial charge in [0.2, 0.25) is 0 Å². The van der Waals surface area contributed by atoms with E-state index in [0.717, 1.165) is 13.0 Å². The predicted molar refractivity (Wildman–Crippen MR) is 68.6 cm³/mol. The maximum atomic E-state index is 4.39. The number of nitrogens with one attached hydrogen (secondary N) is 1. The predicted octanol–water partition coefficient (Wildman–Crippen LogP) is 2.61. The summed E-state index contributed by atoms with van der Waals surface area (Å²) >= 11 is 0. The number of nitrogens with zero attached hydrogens (tertiary/aromatic N) is 2. The number of aromatic nitrogens is 2. The van der Waals surface area contributed by atoms with Crippen LogP contribution in [0.3, 0.4) is 0 Å². The van der Waals surface area contributed by atoms with Crippen molar-refractivity contribution in [3.05, 3.63) is 18.2 Å². The van der Waals surface area contributed by atoms with E-state index in [1.165, 1.54) is 31.5 Å². The molecule has 0 aliphatic carbocycles. The highest BCUT2D eigenvalue weighted by molar-refractivity contribution is 4.92.